The molecule has 1 aromatic rings. The van der Waals surface area contributed by atoms with Crippen LogP contribution in [0.2, 0.25) is 0 Å². The van der Waals surface area contributed by atoms with Gasteiger partial charge in [0.15, 0.2) is 0 Å². The molecule has 0 bridgehead atoms. The standard InChI is InChI=1S/C14H20N2O/c1-3-8-16(4-2)11-14-12(7-9-17-14)10-15-13-5-6-13/h1,7,9,13,15H,4-6,8,10-11H2,2H3. The second-order valence-electron chi connectivity index (χ2n) is 4.53. The highest BCUT2D eigenvalue weighted by Crippen LogP contribution is 2.20. The van der Waals surface area contributed by atoms with Crippen LogP contribution in [0.25, 0.3) is 0 Å². The Morgan fingerprint density at radius 2 is 2.41 bits per heavy atom. The van der Waals surface area contributed by atoms with Gasteiger partial charge in [0.25, 0.3) is 0 Å². The number of hydrogen-bond donors (Lipinski definition) is 1. The average molecular weight is 232 g/mol. The molecule has 1 heterocycles. The number of terminal acetylenes is 1. The molecule has 0 atom stereocenters. The van der Waals surface area contributed by atoms with Crippen LogP contribution in [0.15, 0.2) is 16.7 Å². The maximum Gasteiger partial charge on any atom is 0.122 e. The summed E-state index contributed by atoms with van der Waals surface area (Å²) in [6.07, 6.45) is 9.73. The van der Waals surface area contributed by atoms with Gasteiger partial charge in [-0.1, -0.05) is 12.8 Å². The molecule has 2 rings (SSSR count). The lowest BCUT2D eigenvalue weighted by molar-refractivity contribution is 0.283. The number of hydrogen-bond acceptors (Lipinski definition) is 3. The molecule has 0 spiro atoms. The van der Waals surface area contributed by atoms with E-state index in [2.05, 4.69) is 29.1 Å². The summed E-state index contributed by atoms with van der Waals surface area (Å²) in [6.45, 7) is 5.44. The molecule has 17 heavy (non-hydrogen) atoms. The summed E-state index contributed by atoms with van der Waals surface area (Å²) in [6, 6.07) is 2.78. The summed E-state index contributed by atoms with van der Waals surface area (Å²) in [5.41, 5.74) is 1.26. The molecule has 1 N–H and O–H groups in total. The molecule has 92 valence electrons. The Labute approximate surface area is 103 Å². The molecule has 3 heteroatoms. The largest absolute Gasteiger partial charge is 0.468 e. The zero-order valence-corrected chi connectivity index (χ0v) is 10.4. The number of nitrogens with zero attached hydrogens (tertiary/aromatic N) is 1. The normalized spacial score (nSPS) is 15.1. The Hall–Kier alpha value is -1.24. The van der Waals surface area contributed by atoms with Gasteiger partial charge < -0.3 is 9.73 Å². The van der Waals surface area contributed by atoms with Crippen LogP contribution in [0, 0.1) is 12.3 Å². The summed E-state index contributed by atoms with van der Waals surface area (Å²) in [7, 11) is 0. The quantitative estimate of drug-likeness (QED) is 0.729. The minimum atomic E-state index is 0.673. The van der Waals surface area contributed by atoms with Crippen LogP contribution < -0.4 is 5.32 Å². The van der Waals surface area contributed by atoms with Gasteiger partial charge in [-0.25, -0.2) is 0 Å². The van der Waals surface area contributed by atoms with Gasteiger partial charge in [-0.05, 0) is 25.5 Å². The van der Waals surface area contributed by atoms with Crippen LogP contribution in [-0.4, -0.2) is 24.0 Å². The van der Waals surface area contributed by atoms with Crippen molar-refractivity contribution >= 4 is 0 Å². The van der Waals surface area contributed by atoms with E-state index in [9.17, 15) is 0 Å². The van der Waals surface area contributed by atoms with Crippen LogP contribution in [0.5, 0.6) is 0 Å². The monoisotopic (exact) mass is 232 g/mol. The summed E-state index contributed by atoms with van der Waals surface area (Å²) >= 11 is 0. The molecule has 3 nitrogen and oxygen atoms in total. The van der Waals surface area contributed by atoms with Gasteiger partial charge in [-0.15, -0.1) is 6.42 Å². The number of rotatable bonds is 7. The third-order valence-electron chi connectivity index (χ3n) is 3.13. The van der Waals surface area contributed by atoms with Crippen molar-refractivity contribution in [2.45, 2.75) is 38.9 Å². The van der Waals surface area contributed by atoms with E-state index >= 15 is 0 Å². The maximum atomic E-state index is 5.55. The second kappa shape index (κ2) is 5.90. The Bertz CT molecular complexity index is 387. The molecule has 0 radical (unpaired) electrons. The second-order valence-corrected chi connectivity index (χ2v) is 4.53. The summed E-state index contributed by atoms with van der Waals surface area (Å²) < 4.78 is 5.55. The van der Waals surface area contributed by atoms with E-state index < -0.39 is 0 Å². The number of nitrogens with one attached hydrogen (secondary N) is 1. The lowest BCUT2D eigenvalue weighted by Crippen LogP contribution is -2.24. The Morgan fingerprint density at radius 3 is 3.06 bits per heavy atom. The van der Waals surface area contributed by atoms with E-state index in [1.165, 1.54) is 18.4 Å². The van der Waals surface area contributed by atoms with Crippen molar-refractivity contribution < 1.29 is 4.42 Å². The average Bonchev–Trinajstić information content (AvgIpc) is 3.07. The first-order valence-electron chi connectivity index (χ1n) is 6.28. The maximum absolute atomic E-state index is 5.55. The van der Waals surface area contributed by atoms with Crippen molar-refractivity contribution in [1.82, 2.24) is 10.2 Å². The highest BCUT2D eigenvalue weighted by molar-refractivity contribution is 5.17. The van der Waals surface area contributed by atoms with E-state index in [-0.39, 0.29) is 0 Å². The highest BCUT2D eigenvalue weighted by Gasteiger charge is 2.21. The van der Waals surface area contributed by atoms with Gasteiger partial charge in [0.05, 0.1) is 19.4 Å². The van der Waals surface area contributed by atoms with Gasteiger partial charge >= 0.3 is 0 Å². The smallest absolute Gasteiger partial charge is 0.122 e. The predicted octanol–water partition coefficient (Wildman–Crippen LogP) is 1.99. The molecule has 1 fully saturated rings. The van der Waals surface area contributed by atoms with E-state index in [0.717, 1.165) is 31.4 Å². The molecular formula is C14H20N2O. The van der Waals surface area contributed by atoms with Gasteiger partial charge in [-0.3, -0.25) is 4.90 Å². The molecule has 0 aromatic carbocycles. The first-order chi connectivity index (χ1) is 8.33. The zero-order valence-electron chi connectivity index (χ0n) is 10.4. The molecule has 1 aliphatic rings. The van der Waals surface area contributed by atoms with E-state index in [1.807, 2.05) is 0 Å². The molecule has 0 amide bonds. The van der Waals surface area contributed by atoms with Crippen molar-refractivity contribution in [2.75, 3.05) is 13.1 Å². The Balaban J connectivity index is 1.89. The molecule has 0 unspecified atom stereocenters. The molecular weight excluding hydrogens is 212 g/mol. The van der Waals surface area contributed by atoms with Crippen molar-refractivity contribution in [3.8, 4) is 12.3 Å². The van der Waals surface area contributed by atoms with Crippen molar-refractivity contribution in [3.05, 3.63) is 23.7 Å². The van der Waals surface area contributed by atoms with Gasteiger partial charge in [0.1, 0.15) is 5.76 Å². The minimum absolute atomic E-state index is 0.673. The lowest BCUT2D eigenvalue weighted by atomic mass is 10.2. The Morgan fingerprint density at radius 1 is 1.59 bits per heavy atom. The molecule has 1 saturated carbocycles. The minimum Gasteiger partial charge on any atom is -0.468 e. The first-order valence-corrected chi connectivity index (χ1v) is 6.28. The molecule has 1 aromatic heterocycles. The molecule has 0 aliphatic heterocycles. The van der Waals surface area contributed by atoms with Gasteiger partial charge in [0.2, 0.25) is 0 Å². The van der Waals surface area contributed by atoms with Crippen LogP contribution >= 0.6 is 0 Å². The lowest BCUT2D eigenvalue weighted by Gasteiger charge is -2.16. The Kier molecular flexibility index (Phi) is 4.24. The van der Waals surface area contributed by atoms with E-state index in [0.29, 0.717) is 6.54 Å². The predicted molar refractivity (Wildman–Crippen MR) is 68.4 cm³/mol. The fourth-order valence-electron chi connectivity index (χ4n) is 1.82. The first kappa shape index (κ1) is 12.2. The SMILES string of the molecule is C#CCN(CC)Cc1occc1CNC1CC1. The fraction of sp³-hybridized carbons (Fsp3) is 0.571. The summed E-state index contributed by atoms with van der Waals surface area (Å²) in [5.74, 6) is 3.72. The summed E-state index contributed by atoms with van der Waals surface area (Å²) in [5, 5.41) is 3.50. The van der Waals surface area contributed by atoms with Crippen LogP contribution in [-0.2, 0) is 13.1 Å². The number of furan rings is 1. The van der Waals surface area contributed by atoms with E-state index in [1.54, 1.807) is 6.26 Å². The van der Waals surface area contributed by atoms with Crippen molar-refractivity contribution in [1.29, 1.82) is 0 Å². The van der Waals surface area contributed by atoms with Crippen LogP contribution in [0.3, 0.4) is 0 Å². The molecule has 0 saturated heterocycles. The topological polar surface area (TPSA) is 28.4 Å². The summed E-state index contributed by atoms with van der Waals surface area (Å²) in [4.78, 5) is 2.19. The van der Waals surface area contributed by atoms with Crippen molar-refractivity contribution in [3.63, 3.8) is 0 Å². The highest BCUT2D eigenvalue weighted by atomic mass is 16.3. The third-order valence-corrected chi connectivity index (χ3v) is 3.13. The van der Waals surface area contributed by atoms with Crippen molar-refractivity contribution in [2.24, 2.45) is 0 Å². The fourth-order valence-corrected chi connectivity index (χ4v) is 1.82. The third kappa shape index (κ3) is 3.62. The van der Waals surface area contributed by atoms with E-state index in [4.69, 9.17) is 10.8 Å². The van der Waals surface area contributed by atoms with Gasteiger partial charge in [0, 0.05) is 18.2 Å². The van der Waals surface area contributed by atoms with Gasteiger partial charge in [-0.2, -0.15) is 0 Å². The molecule has 1 aliphatic carbocycles. The zero-order chi connectivity index (χ0) is 12.1. The van der Waals surface area contributed by atoms with Crippen LogP contribution in [0.4, 0.5) is 0 Å². The van der Waals surface area contributed by atoms with Crippen LogP contribution in [0.1, 0.15) is 31.1 Å².